The molecule has 16 heavy (non-hydrogen) atoms. The largest absolute Gasteiger partial charge is 0.444 e. The van der Waals surface area contributed by atoms with Crippen LogP contribution in [0.2, 0.25) is 0 Å². The first-order valence-corrected chi connectivity index (χ1v) is 5.63. The van der Waals surface area contributed by atoms with Crippen molar-refractivity contribution in [2.24, 2.45) is 0 Å². The van der Waals surface area contributed by atoms with E-state index in [1.165, 1.54) is 4.90 Å². The van der Waals surface area contributed by atoms with Gasteiger partial charge in [0.1, 0.15) is 11.8 Å². The molecule has 0 radical (unpaired) electrons. The number of rotatable bonds is 1. The Morgan fingerprint density at radius 1 is 1.50 bits per heavy atom. The first kappa shape index (κ1) is 13.2. The lowest BCUT2D eigenvalue weighted by atomic mass is 10.0. The number of likely N-dealkylation sites (tertiary alicyclic amines) is 1. The minimum Gasteiger partial charge on any atom is -0.444 e. The molecule has 4 nitrogen and oxygen atoms in total. The molecule has 1 aliphatic rings. The Hall–Kier alpha value is -0.840. The van der Waals surface area contributed by atoms with Crippen LogP contribution < -0.4 is 5.32 Å². The maximum Gasteiger partial charge on any atom is 0.410 e. The maximum atomic E-state index is 13.6. The molecule has 0 bridgehead atoms. The Bertz CT molecular complexity index is 253. The van der Waals surface area contributed by atoms with Gasteiger partial charge < -0.3 is 15.0 Å². The number of alkyl halides is 1. The summed E-state index contributed by atoms with van der Waals surface area (Å²) >= 11 is 0. The Kier molecular flexibility index (Phi) is 4.13. The van der Waals surface area contributed by atoms with Crippen molar-refractivity contribution in [2.45, 2.75) is 45.0 Å². The summed E-state index contributed by atoms with van der Waals surface area (Å²) in [7, 11) is 1.74. The van der Waals surface area contributed by atoms with Gasteiger partial charge in [-0.25, -0.2) is 9.18 Å². The van der Waals surface area contributed by atoms with E-state index in [9.17, 15) is 9.18 Å². The lowest BCUT2D eigenvalue weighted by Crippen LogP contribution is -2.52. The van der Waals surface area contributed by atoms with Crippen molar-refractivity contribution in [3.8, 4) is 0 Å². The summed E-state index contributed by atoms with van der Waals surface area (Å²) in [5.74, 6) is 0. The van der Waals surface area contributed by atoms with Crippen molar-refractivity contribution in [3.05, 3.63) is 0 Å². The SMILES string of the molecule is CNC1CCN(C(=O)OC(C)(C)C)CC1F. The van der Waals surface area contributed by atoms with E-state index in [2.05, 4.69) is 5.32 Å². The zero-order chi connectivity index (χ0) is 12.3. The van der Waals surface area contributed by atoms with Crippen LogP contribution in [-0.4, -0.2) is 48.9 Å². The predicted molar refractivity (Wildman–Crippen MR) is 60.2 cm³/mol. The van der Waals surface area contributed by atoms with Gasteiger partial charge in [-0.3, -0.25) is 0 Å². The van der Waals surface area contributed by atoms with E-state index >= 15 is 0 Å². The van der Waals surface area contributed by atoms with Crippen LogP contribution in [0.5, 0.6) is 0 Å². The maximum absolute atomic E-state index is 13.6. The minimum absolute atomic E-state index is 0.112. The van der Waals surface area contributed by atoms with Gasteiger partial charge in [0.2, 0.25) is 0 Å². The van der Waals surface area contributed by atoms with E-state index in [0.29, 0.717) is 13.0 Å². The topological polar surface area (TPSA) is 41.6 Å². The fraction of sp³-hybridized carbons (Fsp3) is 0.909. The van der Waals surface area contributed by atoms with Crippen molar-refractivity contribution in [1.82, 2.24) is 10.2 Å². The molecule has 2 atom stereocenters. The van der Waals surface area contributed by atoms with E-state index in [1.54, 1.807) is 27.8 Å². The monoisotopic (exact) mass is 232 g/mol. The third kappa shape index (κ3) is 3.63. The predicted octanol–water partition coefficient (Wildman–Crippen LogP) is 1.55. The van der Waals surface area contributed by atoms with Gasteiger partial charge in [-0.2, -0.15) is 0 Å². The molecule has 1 amide bonds. The van der Waals surface area contributed by atoms with Crippen LogP contribution in [0.25, 0.3) is 0 Å². The summed E-state index contributed by atoms with van der Waals surface area (Å²) in [4.78, 5) is 13.1. The third-order valence-electron chi connectivity index (χ3n) is 2.56. The average molecular weight is 232 g/mol. The molecular formula is C11H21FN2O2. The molecular weight excluding hydrogens is 211 g/mol. The summed E-state index contributed by atoms with van der Waals surface area (Å²) in [5.41, 5.74) is -0.525. The smallest absolute Gasteiger partial charge is 0.410 e. The summed E-state index contributed by atoms with van der Waals surface area (Å²) < 4.78 is 18.8. The van der Waals surface area contributed by atoms with Crippen LogP contribution in [0.15, 0.2) is 0 Å². The Morgan fingerprint density at radius 3 is 2.56 bits per heavy atom. The van der Waals surface area contributed by atoms with E-state index in [-0.39, 0.29) is 12.6 Å². The molecule has 0 aromatic heterocycles. The van der Waals surface area contributed by atoms with Gasteiger partial charge in [0.15, 0.2) is 0 Å². The number of hydrogen-bond acceptors (Lipinski definition) is 3. The second-order valence-corrected chi connectivity index (χ2v) is 5.13. The lowest BCUT2D eigenvalue weighted by molar-refractivity contribution is 0.00990. The van der Waals surface area contributed by atoms with Gasteiger partial charge in [0, 0.05) is 12.6 Å². The second kappa shape index (κ2) is 4.99. The van der Waals surface area contributed by atoms with Crippen LogP contribution >= 0.6 is 0 Å². The fourth-order valence-corrected chi connectivity index (χ4v) is 1.72. The van der Waals surface area contributed by atoms with Crippen LogP contribution in [-0.2, 0) is 4.74 Å². The minimum atomic E-state index is -1.02. The highest BCUT2D eigenvalue weighted by molar-refractivity contribution is 5.68. The molecule has 94 valence electrons. The fourth-order valence-electron chi connectivity index (χ4n) is 1.72. The van der Waals surface area contributed by atoms with Crippen molar-refractivity contribution >= 4 is 6.09 Å². The number of hydrogen-bond donors (Lipinski definition) is 1. The van der Waals surface area contributed by atoms with E-state index in [0.717, 1.165) is 0 Å². The highest BCUT2D eigenvalue weighted by Gasteiger charge is 2.32. The average Bonchev–Trinajstić information content (AvgIpc) is 2.15. The number of piperidine rings is 1. The van der Waals surface area contributed by atoms with Crippen molar-refractivity contribution in [2.75, 3.05) is 20.1 Å². The van der Waals surface area contributed by atoms with E-state index < -0.39 is 17.9 Å². The lowest BCUT2D eigenvalue weighted by Gasteiger charge is -2.35. The highest BCUT2D eigenvalue weighted by atomic mass is 19.1. The first-order chi connectivity index (χ1) is 7.33. The molecule has 0 aromatic carbocycles. The number of amides is 1. The number of ether oxygens (including phenoxy) is 1. The number of halogens is 1. The summed E-state index contributed by atoms with van der Waals surface area (Å²) in [5, 5.41) is 2.91. The number of carbonyl (C=O) groups excluding carboxylic acids is 1. The van der Waals surface area contributed by atoms with Crippen LogP contribution in [0, 0.1) is 0 Å². The van der Waals surface area contributed by atoms with Gasteiger partial charge in [-0.05, 0) is 34.2 Å². The van der Waals surface area contributed by atoms with E-state index in [1.807, 2.05) is 0 Å². The Balaban J connectivity index is 2.48. The van der Waals surface area contributed by atoms with Gasteiger partial charge >= 0.3 is 6.09 Å². The normalized spacial score (nSPS) is 26.7. The Morgan fingerprint density at radius 2 is 2.12 bits per heavy atom. The molecule has 1 fully saturated rings. The molecule has 0 spiro atoms. The van der Waals surface area contributed by atoms with Crippen LogP contribution in [0.3, 0.4) is 0 Å². The number of carbonyl (C=O) groups is 1. The summed E-state index contributed by atoms with van der Waals surface area (Å²) in [6.07, 6.45) is -0.826. The van der Waals surface area contributed by atoms with Gasteiger partial charge in [-0.1, -0.05) is 0 Å². The van der Waals surface area contributed by atoms with Crippen LogP contribution in [0.1, 0.15) is 27.2 Å². The quantitative estimate of drug-likeness (QED) is 0.746. The molecule has 2 unspecified atom stereocenters. The Labute approximate surface area is 96.1 Å². The standard InChI is InChI=1S/C11H21FN2O2/c1-11(2,3)16-10(15)14-6-5-9(13-4)8(12)7-14/h8-9,13H,5-7H2,1-4H3. The number of nitrogens with one attached hydrogen (secondary N) is 1. The first-order valence-electron chi connectivity index (χ1n) is 5.63. The molecule has 0 saturated carbocycles. The van der Waals surface area contributed by atoms with E-state index in [4.69, 9.17) is 4.74 Å². The van der Waals surface area contributed by atoms with Crippen LogP contribution in [0.4, 0.5) is 9.18 Å². The molecule has 1 heterocycles. The number of nitrogens with zero attached hydrogens (tertiary/aromatic N) is 1. The molecule has 0 aliphatic carbocycles. The van der Waals surface area contributed by atoms with Crippen molar-refractivity contribution < 1.29 is 13.9 Å². The summed E-state index contributed by atoms with van der Waals surface area (Å²) in [6, 6.07) is -0.154. The van der Waals surface area contributed by atoms with Crippen molar-refractivity contribution in [3.63, 3.8) is 0 Å². The second-order valence-electron chi connectivity index (χ2n) is 5.13. The molecule has 1 saturated heterocycles. The molecule has 1 aliphatic heterocycles. The molecule has 5 heteroatoms. The molecule has 1 rings (SSSR count). The molecule has 0 aromatic rings. The van der Waals surface area contributed by atoms with Gasteiger partial charge in [0.25, 0.3) is 0 Å². The third-order valence-corrected chi connectivity index (χ3v) is 2.56. The van der Waals surface area contributed by atoms with Crippen molar-refractivity contribution in [1.29, 1.82) is 0 Å². The molecule has 1 N–H and O–H groups in total. The van der Waals surface area contributed by atoms with Gasteiger partial charge in [0.05, 0.1) is 6.54 Å². The zero-order valence-electron chi connectivity index (χ0n) is 10.4. The van der Waals surface area contributed by atoms with Gasteiger partial charge in [-0.15, -0.1) is 0 Å². The zero-order valence-corrected chi connectivity index (χ0v) is 10.4. The summed E-state index contributed by atoms with van der Waals surface area (Å²) in [6.45, 7) is 6.07. The highest BCUT2D eigenvalue weighted by Crippen LogP contribution is 2.17.